The van der Waals surface area contributed by atoms with Crippen molar-refractivity contribution in [2.75, 3.05) is 6.26 Å². The largest absolute Gasteiger partial charge is 0.234 e. The minimum Gasteiger partial charge on any atom is -0.226 e. The molecule has 1 heterocycles. The van der Waals surface area contributed by atoms with Gasteiger partial charge in [-0.3, -0.25) is 0 Å². The predicted octanol–water partition coefficient (Wildman–Crippen LogP) is 2.91. The summed E-state index contributed by atoms with van der Waals surface area (Å²) in [6, 6.07) is 8.96. The van der Waals surface area contributed by atoms with Crippen molar-refractivity contribution >= 4 is 31.3 Å². The average Bonchev–Trinajstić information content (AvgIpc) is 2.58. The lowest BCUT2D eigenvalue weighted by Gasteiger charge is -2.00. The lowest BCUT2D eigenvalue weighted by Crippen LogP contribution is -2.04. The highest BCUT2D eigenvalue weighted by atomic mass is 32.2. The average molecular weight is 244 g/mol. The van der Waals surface area contributed by atoms with Crippen LogP contribution in [0.4, 0.5) is 4.39 Å². The third-order valence-electron chi connectivity index (χ3n) is 2.04. The van der Waals surface area contributed by atoms with E-state index in [1.54, 1.807) is 6.07 Å². The molecule has 0 aliphatic rings. The molecule has 0 radical (unpaired) electrons. The quantitative estimate of drug-likeness (QED) is 0.814. The highest BCUT2D eigenvalue weighted by Gasteiger charge is 2.23. The Hall–Kier alpha value is -0.940. The van der Waals surface area contributed by atoms with Gasteiger partial charge in [-0.05, 0) is 17.5 Å². The first-order valence-electron chi connectivity index (χ1n) is 4.30. The van der Waals surface area contributed by atoms with Crippen LogP contribution in [-0.4, -0.2) is 14.7 Å². The van der Waals surface area contributed by atoms with Crippen LogP contribution in [0.5, 0.6) is 0 Å². The highest BCUT2D eigenvalue weighted by molar-refractivity contribution is 7.90. The molecule has 0 bridgehead atoms. The van der Waals surface area contributed by atoms with Gasteiger partial charge in [-0.1, -0.05) is 18.2 Å². The second-order valence-electron chi connectivity index (χ2n) is 3.33. The number of hydrogen-bond donors (Lipinski definition) is 0. The van der Waals surface area contributed by atoms with Crippen LogP contribution < -0.4 is 0 Å². The maximum absolute atomic E-state index is 13.5. The lowest BCUT2D eigenvalue weighted by atomic mass is 10.2. The number of halogens is 1. The fourth-order valence-electron chi connectivity index (χ4n) is 1.33. The van der Waals surface area contributed by atoms with Crippen LogP contribution in [0.25, 0.3) is 10.1 Å². The van der Waals surface area contributed by atoms with Crippen LogP contribution >= 0.6 is 11.3 Å². The minimum atomic E-state index is -3.66. The fourth-order valence-corrected chi connectivity index (χ4v) is 3.41. The topological polar surface area (TPSA) is 34.1 Å². The Labute approximate surface area is 91.3 Å². The summed E-state index contributed by atoms with van der Waals surface area (Å²) >= 11 is 1.18. The standard InChI is InChI=1S/C10H9FO2S2/c1-15(12,13)10(11)9-6-7-4-2-3-5-8(7)14-9/h2-6,10H,1H3. The molecule has 1 unspecified atom stereocenters. The molecule has 0 amide bonds. The summed E-state index contributed by atoms with van der Waals surface area (Å²) in [4.78, 5) is 0.249. The second kappa shape index (κ2) is 3.57. The van der Waals surface area contributed by atoms with E-state index in [2.05, 4.69) is 0 Å². The first-order valence-corrected chi connectivity index (χ1v) is 7.07. The normalized spacial score (nSPS) is 14.3. The Bertz CT molecular complexity index is 553. The van der Waals surface area contributed by atoms with Gasteiger partial charge in [-0.25, -0.2) is 12.8 Å². The van der Waals surface area contributed by atoms with Crippen molar-refractivity contribution in [3.8, 4) is 0 Å². The Morgan fingerprint density at radius 2 is 2.00 bits per heavy atom. The summed E-state index contributed by atoms with van der Waals surface area (Å²) in [5.41, 5.74) is -1.91. The van der Waals surface area contributed by atoms with Gasteiger partial charge in [0.25, 0.3) is 0 Å². The maximum atomic E-state index is 13.5. The molecule has 1 atom stereocenters. The van der Waals surface area contributed by atoms with Gasteiger partial charge in [-0.2, -0.15) is 0 Å². The summed E-state index contributed by atoms with van der Waals surface area (Å²) in [7, 11) is -3.66. The molecule has 0 aliphatic carbocycles. The van der Waals surface area contributed by atoms with Crippen LogP contribution in [0.15, 0.2) is 30.3 Å². The molecule has 0 spiro atoms. The number of thiophene rings is 1. The molecule has 1 aromatic carbocycles. The molecule has 0 fully saturated rings. The van der Waals surface area contributed by atoms with Gasteiger partial charge in [-0.15, -0.1) is 11.3 Å². The Morgan fingerprint density at radius 3 is 2.60 bits per heavy atom. The zero-order chi connectivity index (χ0) is 11.1. The highest BCUT2D eigenvalue weighted by Crippen LogP contribution is 2.33. The molecule has 2 nitrogen and oxygen atoms in total. The molecule has 15 heavy (non-hydrogen) atoms. The van der Waals surface area contributed by atoms with Gasteiger partial charge in [0.15, 0.2) is 9.84 Å². The summed E-state index contributed by atoms with van der Waals surface area (Å²) in [6.45, 7) is 0. The number of fused-ring (bicyclic) bond motifs is 1. The van der Waals surface area contributed by atoms with Gasteiger partial charge in [0, 0.05) is 11.0 Å². The smallest absolute Gasteiger partial charge is 0.226 e. The molecule has 2 aromatic rings. The summed E-state index contributed by atoms with van der Waals surface area (Å²) in [6.07, 6.45) is 0.905. The third-order valence-corrected chi connectivity index (χ3v) is 4.35. The Kier molecular flexibility index (Phi) is 2.52. The van der Waals surface area contributed by atoms with E-state index in [4.69, 9.17) is 0 Å². The summed E-state index contributed by atoms with van der Waals surface area (Å²) < 4.78 is 36.5. The van der Waals surface area contributed by atoms with Crippen molar-refractivity contribution in [1.82, 2.24) is 0 Å². The number of alkyl halides is 1. The molecular formula is C10H9FO2S2. The van der Waals surface area contributed by atoms with Crippen molar-refractivity contribution in [1.29, 1.82) is 0 Å². The first-order chi connectivity index (χ1) is 6.98. The summed E-state index contributed by atoms with van der Waals surface area (Å²) in [5.74, 6) is 0. The predicted molar refractivity (Wildman–Crippen MR) is 60.5 cm³/mol. The molecule has 0 saturated heterocycles. The molecule has 0 aliphatic heterocycles. The van der Waals surface area contributed by atoms with Gasteiger partial charge in [0.2, 0.25) is 5.50 Å². The first kappa shape index (κ1) is 10.6. The van der Waals surface area contributed by atoms with E-state index in [-0.39, 0.29) is 4.88 Å². The van der Waals surface area contributed by atoms with Crippen molar-refractivity contribution in [2.45, 2.75) is 5.50 Å². The summed E-state index contributed by atoms with van der Waals surface area (Å²) in [5, 5.41) is 0.879. The number of rotatable bonds is 2. The Balaban J connectivity index is 2.54. The van der Waals surface area contributed by atoms with E-state index < -0.39 is 15.3 Å². The van der Waals surface area contributed by atoms with Gasteiger partial charge < -0.3 is 0 Å². The van der Waals surface area contributed by atoms with Crippen LogP contribution in [0, 0.1) is 0 Å². The molecule has 1 aromatic heterocycles. The van der Waals surface area contributed by atoms with E-state index in [1.165, 1.54) is 11.3 Å². The molecule has 80 valence electrons. The zero-order valence-electron chi connectivity index (χ0n) is 7.98. The number of hydrogen-bond acceptors (Lipinski definition) is 3. The number of sulfone groups is 1. The van der Waals surface area contributed by atoms with E-state index in [1.807, 2.05) is 24.3 Å². The Morgan fingerprint density at radius 1 is 1.33 bits per heavy atom. The van der Waals surface area contributed by atoms with Crippen LogP contribution in [-0.2, 0) is 9.84 Å². The molecular weight excluding hydrogens is 235 g/mol. The second-order valence-corrected chi connectivity index (χ2v) is 6.52. The van der Waals surface area contributed by atoms with Crippen molar-refractivity contribution in [3.63, 3.8) is 0 Å². The van der Waals surface area contributed by atoms with Gasteiger partial charge in [0.1, 0.15) is 0 Å². The fraction of sp³-hybridized carbons (Fsp3) is 0.200. The van der Waals surface area contributed by atoms with Crippen molar-refractivity contribution < 1.29 is 12.8 Å². The monoisotopic (exact) mass is 244 g/mol. The van der Waals surface area contributed by atoms with Crippen molar-refractivity contribution in [2.24, 2.45) is 0 Å². The molecule has 5 heteroatoms. The minimum absolute atomic E-state index is 0.249. The third kappa shape index (κ3) is 2.03. The van der Waals surface area contributed by atoms with Crippen LogP contribution in [0.1, 0.15) is 10.4 Å². The molecule has 2 rings (SSSR count). The molecule has 0 N–H and O–H groups in total. The van der Waals surface area contributed by atoms with Crippen LogP contribution in [0.3, 0.4) is 0 Å². The van der Waals surface area contributed by atoms with E-state index in [9.17, 15) is 12.8 Å². The van der Waals surface area contributed by atoms with E-state index in [0.717, 1.165) is 16.3 Å². The zero-order valence-corrected chi connectivity index (χ0v) is 9.61. The number of benzene rings is 1. The van der Waals surface area contributed by atoms with E-state index >= 15 is 0 Å². The molecule has 0 saturated carbocycles. The van der Waals surface area contributed by atoms with Crippen molar-refractivity contribution in [3.05, 3.63) is 35.2 Å². The maximum Gasteiger partial charge on any atom is 0.234 e. The van der Waals surface area contributed by atoms with E-state index in [0.29, 0.717) is 0 Å². The van der Waals surface area contributed by atoms with Crippen LogP contribution in [0.2, 0.25) is 0 Å². The SMILES string of the molecule is CS(=O)(=O)C(F)c1cc2ccccc2s1. The lowest BCUT2D eigenvalue weighted by molar-refractivity contribution is 0.439. The van der Waals surface area contributed by atoms with Gasteiger partial charge in [0.05, 0.1) is 4.88 Å². The van der Waals surface area contributed by atoms with Gasteiger partial charge >= 0.3 is 0 Å².